The van der Waals surface area contributed by atoms with Gasteiger partial charge in [0.25, 0.3) is 0 Å². The van der Waals surface area contributed by atoms with Crippen LogP contribution in [0.15, 0.2) is 35.2 Å². The normalized spacial score (nSPS) is 9.91. The summed E-state index contributed by atoms with van der Waals surface area (Å²) in [4.78, 5) is 1.33. The molecule has 0 fully saturated rings. The zero-order valence-corrected chi connectivity index (χ0v) is 8.77. The van der Waals surface area contributed by atoms with Crippen molar-refractivity contribution < 1.29 is 0 Å². The van der Waals surface area contributed by atoms with E-state index in [1.165, 1.54) is 10.6 Å². The van der Waals surface area contributed by atoms with E-state index < -0.39 is 0 Å². The molecular formula is C8H10S3. The van der Waals surface area contributed by atoms with Crippen molar-refractivity contribution in [2.24, 2.45) is 0 Å². The summed E-state index contributed by atoms with van der Waals surface area (Å²) in [6.07, 6.45) is 0. The van der Waals surface area contributed by atoms with Crippen molar-refractivity contribution in [3.63, 3.8) is 0 Å². The molecule has 0 aliphatic carbocycles. The van der Waals surface area contributed by atoms with Gasteiger partial charge in [-0.25, -0.2) is 0 Å². The van der Waals surface area contributed by atoms with E-state index in [1.54, 1.807) is 0 Å². The zero-order valence-electron chi connectivity index (χ0n) is 6.32. The van der Waals surface area contributed by atoms with Crippen molar-refractivity contribution in [2.75, 3.05) is 5.75 Å². The number of hydrogen-bond acceptors (Lipinski definition) is 3. The molecule has 0 radical (unpaired) electrons. The second-order valence-electron chi connectivity index (χ2n) is 1.87. The second kappa shape index (κ2) is 5.86. The largest absolute Gasteiger partial charge is 0.0825 e. The fraction of sp³-hybridized carbons (Fsp3) is 0.250. The lowest BCUT2D eigenvalue weighted by atomic mass is 10.4. The Bertz CT molecular complexity index is 186. The summed E-state index contributed by atoms with van der Waals surface area (Å²) in [5.74, 6) is 1.17. The van der Waals surface area contributed by atoms with E-state index in [2.05, 4.69) is 31.2 Å². The monoisotopic (exact) mass is 202 g/mol. The van der Waals surface area contributed by atoms with Gasteiger partial charge in [-0.05, 0) is 32.8 Å². The molecule has 1 aromatic carbocycles. The Balaban J connectivity index is 2.28. The highest BCUT2D eigenvalue weighted by Gasteiger charge is 1.91. The van der Waals surface area contributed by atoms with Gasteiger partial charge in [-0.3, -0.25) is 0 Å². The van der Waals surface area contributed by atoms with E-state index in [0.29, 0.717) is 0 Å². The van der Waals surface area contributed by atoms with Gasteiger partial charge in [0.2, 0.25) is 0 Å². The summed E-state index contributed by atoms with van der Waals surface area (Å²) in [7, 11) is 5.55. The predicted molar refractivity (Wildman–Crippen MR) is 58.0 cm³/mol. The molecule has 0 aliphatic rings. The molecule has 11 heavy (non-hydrogen) atoms. The van der Waals surface area contributed by atoms with Crippen molar-refractivity contribution in [1.82, 2.24) is 0 Å². The minimum Gasteiger partial charge on any atom is -0.0825 e. The highest BCUT2D eigenvalue weighted by molar-refractivity contribution is 9.09. The number of rotatable bonds is 4. The van der Waals surface area contributed by atoms with E-state index in [0.717, 1.165) is 0 Å². The SMILES string of the molecule is CCSSSc1ccccc1. The predicted octanol–water partition coefficient (Wildman–Crippen LogP) is 4.10. The quantitative estimate of drug-likeness (QED) is 0.533. The van der Waals surface area contributed by atoms with Gasteiger partial charge in [0, 0.05) is 10.6 Å². The molecule has 0 heterocycles. The van der Waals surface area contributed by atoms with Gasteiger partial charge in [0.15, 0.2) is 0 Å². The number of hydrogen-bond donors (Lipinski definition) is 0. The molecule has 1 aromatic rings. The van der Waals surface area contributed by atoms with Crippen molar-refractivity contribution in [3.05, 3.63) is 30.3 Å². The Labute approximate surface area is 79.3 Å². The Hall–Kier alpha value is 0.270. The van der Waals surface area contributed by atoms with Crippen LogP contribution in [0.3, 0.4) is 0 Å². The van der Waals surface area contributed by atoms with Crippen LogP contribution in [0.2, 0.25) is 0 Å². The van der Waals surface area contributed by atoms with Gasteiger partial charge in [-0.1, -0.05) is 35.9 Å². The average Bonchev–Trinajstić information content (AvgIpc) is 2.07. The Morgan fingerprint density at radius 3 is 2.55 bits per heavy atom. The Kier molecular flexibility index (Phi) is 4.99. The third-order valence-electron chi connectivity index (χ3n) is 1.04. The fourth-order valence-corrected chi connectivity index (χ4v) is 4.09. The van der Waals surface area contributed by atoms with Crippen LogP contribution in [0.1, 0.15) is 6.92 Å². The fourth-order valence-electron chi connectivity index (χ4n) is 0.588. The maximum Gasteiger partial charge on any atom is 0.0191 e. The van der Waals surface area contributed by atoms with Crippen LogP contribution in [-0.2, 0) is 0 Å². The summed E-state index contributed by atoms with van der Waals surface area (Å²) in [5.41, 5.74) is 0. The van der Waals surface area contributed by atoms with Gasteiger partial charge in [-0.2, -0.15) is 0 Å². The Morgan fingerprint density at radius 2 is 1.91 bits per heavy atom. The molecule has 0 saturated heterocycles. The van der Waals surface area contributed by atoms with Crippen molar-refractivity contribution >= 4 is 31.4 Å². The summed E-state index contributed by atoms with van der Waals surface area (Å²) in [5, 5.41) is 0. The first kappa shape index (κ1) is 9.36. The minimum absolute atomic E-state index is 1.17. The molecule has 1 rings (SSSR count). The lowest BCUT2D eigenvalue weighted by Gasteiger charge is -1.96. The number of benzene rings is 1. The van der Waals surface area contributed by atoms with Crippen LogP contribution < -0.4 is 0 Å². The van der Waals surface area contributed by atoms with E-state index in [9.17, 15) is 0 Å². The molecule has 0 bridgehead atoms. The second-order valence-corrected chi connectivity index (χ2v) is 6.30. The lowest BCUT2D eigenvalue weighted by Crippen LogP contribution is -1.62. The smallest absolute Gasteiger partial charge is 0.0191 e. The molecule has 0 unspecified atom stereocenters. The molecule has 0 atom stereocenters. The van der Waals surface area contributed by atoms with E-state index in [-0.39, 0.29) is 0 Å². The summed E-state index contributed by atoms with van der Waals surface area (Å²) < 4.78 is 0. The highest BCUT2D eigenvalue weighted by Crippen LogP contribution is 2.39. The Morgan fingerprint density at radius 1 is 1.18 bits per heavy atom. The van der Waals surface area contributed by atoms with Crippen LogP contribution in [0.5, 0.6) is 0 Å². The van der Waals surface area contributed by atoms with Crippen molar-refractivity contribution in [3.8, 4) is 0 Å². The molecule has 0 spiro atoms. The maximum atomic E-state index is 2.17. The molecule has 0 N–H and O–H groups in total. The third-order valence-corrected chi connectivity index (χ3v) is 5.16. The van der Waals surface area contributed by atoms with Crippen molar-refractivity contribution in [2.45, 2.75) is 11.8 Å². The summed E-state index contributed by atoms with van der Waals surface area (Å²) >= 11 is 0. The van der Waals surface area contributed by atoms with Crippen LogP contribution in [0, 0.1) is 0 Å². The van der Waals surface area contributed by atoms with Crippen LogP contribution >= 0.6 is 31.4 Å². The first-order chi connectivity index (χ1) is 5.43. The molecule has 3 heteroatoms. The molecule has 60 valence electrons. The molecule has 0 saturated carbocycles. The summed E-state index contributed by atoms with van der Waals surface area (Å²) in [6, 6.07) is 10.4. The van der Waals surface area contributed by atoms with E-state index >= 15 is 0 Å². The van der Waals surface area contributed by atoms with Gasteiger partial charge < -0.3 is 0 Å². The molecule has 0 amide bonds. The maximum absolute atomic E-state index is 2.17. The van der Waals surface area contributed by atoms with E-state index in [4.69, 9.17) is 0 Å². The zero-order chi connectivity index (χ0) is 7.94. The van der Waals surface area contributed by atoms with Crippen LogP contribution in [0.4, 0.5) is 0 Å². The first-order valence-electron chi connectivity index (χ1n) is 3.44. The van der Waals surface area contributed by atoms with Crippen LogP contribution in [0.25, 0.3) is 0 Å². The topological polar surface area (TPSA) is 0 Å². The lowest BCUT2D eigenvalue weighted by molar-refractivity contribution is 1.48. The highest BCUT2D eigenvalue weighted by atomic mass is 33.5. The third kappa shape index (κ3) is 3.99. The van der Waals surface area contributed by atoms with Crippen LogP contribution in [-0.4, -0.2) is 5.75 Å². The van der Waals surface area contributed by atoms with Crippen molar-refractivity contribution in [1.29, 1.82) is 0 Å². The van der Waals surface area contributed by atoms with Gasteiger partial charge >= 0.3 is 0 Å². The molecule has 0 aromatic heterocycles. The first-order valence-corrected chi connectivity index (χ1v) is 7.10. The van der Waals surface area contributed by atoms with Gasteiger partial charge in [0.05, 0.1) is 0 Å². The minimum atomic E-state index is 1.17. The summed E-state index contributed by atoms with van der Waals surface area (Å²) in [6.45, 7) is 2.17. The van der Waals surface area contributed by atoms with Gasteiger partial charge in [0.1, 0.15) is 0 Å². The van der Waals surface area contributed by atoms with Gasteiger partial charge in [-0.15, -0.1) is 0 Å². The molecule has 0 nitrogen and oxygen atoms in total. The standard InChI is InChI=1S/C8H10S3/c1-2-9-11-10-8-6-4-3-5-7-8/h3-7H,2H2,1H3. The van der Waals surface area contributed by atoms with E-state index in [1.807, 2.05) is 37.5 Å². The molecular weight excluding hydrogens is 192 g/mol. The average molecular weight is 202 g/mol. The molecule has 0 aliphatic heterocycles.